The molecule has 0 aliphatic rings. The van der Waals surface area contributed by atoms with Gasteiger partial charge in [-0.25, -0.2) is 4.79 Å². The lowest BCUT2D eigenvalue weighted by atomic mass is 9.97. The molecule has 0 amide bonds. The van der Waals surface area contributed by atoms with Crippen LogP contribution in [0.5, 0.6) is 0 Å². The minimum Gasteiger partial charge on any atom is -0.469 e. The van der Waals surface area contributed by atoms with Crippen LogP contribution in [0.1, 0.15) is 20.3 Å². The van der Waals surface area contributed by atoms with E-state index in [0.29, 0.717) is 5.57 Å². The van der Waals surface area contributed by atoms with E-state index in [1.165, 1.54) is 14.2 Å². The third-order valence-electron chi connectivity index (χ3n) is 1.96. The number of allylic oxidation sites excluding steroid dienone is 1. The van der Waals surface area contributed by atoms with Crippen LogP contribution in [0.25, 0.3) is 0 Å². The zero-order valence-corrected chi connectivity index (χ0v) is 8.99. The molecule has 0 heterocycles. The van der Waals surface area contributed by atoms with Gasteiger partial charge in [0.2, 0.25) is 0 Å². The van der Waals surface area contributed by atoms with Crippen molar-refractivity contribution in [3.8, 4) is 0 Å². The van der Waals surface area contributed by atoms with E-state index in [-0.39, 0.29) is 18.3 Å². The summed E-state index contributed by atoms with van der Waals surface area (Å²) in [6.45, 7) is 3.52. The minimum absolute atomic E-state index is 0.181. The number of hydrogen-bond donors (Lipinski definition) is 0. The van der Waals surface area contributed by atoms with E-state index < -0.39 is 5.97 Å². The summed E-state index contributed by atoms with van der Waals surface area (Å²) in [5.74, 6) is -0.912. The monoisotopic (exact) mass is 200 g/mol. The molecule has 0 aromatic heterocycles. The van der Waals surface area contributed by atoms with Gasteiger partial charge in [-0.15, -0.1) is 0 Å². The van der Waals surface area contributed by atoms with Gasteiger partial charge in [0.05, 0.1) is 20.6 Å². The molecule has 4 nitrogen and oxygen atoms in total. The van der Waals surface area contributed by atoms with Crippen LogP contribution in [0.3, 0.4) is 0 Å². The Hall–Kier alpha value is -1.32. The molecule has 0 fully saturated rings. The van der Waals surface area contributed by atoms with Crippen molar-refractivity contribution in [2.24, 2.45) is 5.92 Å². The van der Waals surface area contributed by atoms with Gasteiger partial charge in [-0.05, 0) is 12.8 Å². The Balaban J connectivity index is 4.41. The molecule has 0 unspecified atom stereocenters. The summed E-state index contributed by atoms with van der Waals surface area (Å²) in [6.07, 6.45) is 1.84. The molecule has 0 aromatic rings. The second kappa shape index (κ2) is 6.18. The highest BCUT2D eigenvalue weighted by Gasteiger charge is 2.19. The van der Waals surface area contributed by atoms with Crippen molar-refractivity contribution in [2.75, 3.05) is 14.2 Å². The highest BCUT2D eigenvalue weighted by molar-refractivity contribution is 5.89. The molecule has 0 aromatic carbocycles. The number of carbonyl (C=O) groups excluding carboxylic acids is 2. The van der Waals surface area contributed by atoms with E-state index in [1.54, 1.807) is 19.9 Å². The maximum absolute atomic E-state index is 11.2. The van der Waals surface area contributed by atoms with Gasteiger partial charge in [-0.2, -0.15) is 0 Å². The average Bonchev–Trinajstić information content (AvgIpc) is 2.18. The van der Waals surface area contributed by atoms with Gasteiger partial charge in [-0.1, -0.05) is 13.0 Å². The second-order valence-electron chi connectivity index (χ2n) is 2.92. The molecular formula is C10H16O4. The summed E-state index contributed by atoms with van der Waals surface area (Å²) in [7, 11) is 2.64. The van der Waals surface area contributed by atoms with E-state index in [2.05, 4.69) is 9.47 Å². The Bertz CT molecular complexity index is 243. The predicted molar refractivity (Wildman–Crippen MR) is 51.6 cm³/mol. The van der Waals surface area contributed by atoms with Crippen LogP contribution in [-0.2, 0) is 19.1 Å². The molecule has 1 atom stereocenters. The van der Waals surface area contributed by atoms with Crippen LogP contribution in [-0.4, -0.2) is 26.2 Å². The van der Waals surface area contributed by atoms with Gasteiger partial charge >= 0.3 is 11.9 Å². The first kappa shape index (κ1) is 12.7. The molecule has 80 valence electrons. The fourth-order valence-electron chi connectivity index (χ4n) is 1.16. The molecule has 0 N–H and O–H groups in total. The summed E-state index contributed by atoms with van der Waals surface area (Å²) in [5.41, 5.74) is 0.498. The Labute approximate surface area is 83.9 Å². The minimum atomic E-state index is -0.399. The van der Waals surface area contributed by atoms with Crippen LogP contribution in [0.4, 0.5) is 0 Å². The first-order chi connectivity index (χ1) is 6.56. The maximum atomic E-state index is 11.2. The van der Waals surface area contributed by atoms with Gasteiger partial charge in [-0.3, -0.25) is 4.79 Å². The van der Waals surface area contributed by atoms with Crippen molar-refractivity contribution in [2.45, 2.75) is 20.3 Å². The quantitative estimate of drug-likeness (QED) is 0.507. The molecule has 14 heavy (non-hydrogen) atoms. The van der Waals surface area contributed by atoms with Gasteiger partial charge in [0, 0.05) is 5.57 Å². The largest absolute Gasteiger partial charge is 0.469 e. The van der Waals surface area contributed by atoms with Crippen LogP contribution >= 0.6 is 0 Å². The lowest BCUT2D eigenvalue weighted by Gasteiger charge is -2.12. The highest BCUT2D eigenvalue weighted by Crippen LogP contribution is 2.16. The smallest absolute Gasteiger partial charge is 0.333 e. The molecule has 0 saturated carbocycles. The molecule has 0 radical (unpaired) electrons. The van der Waals surface area contributed by atoms with Gasteiger partial charge in [0.1, 0.15) is 0 Å². The molecule has 0 rings (SSSR count). The Morgan fingerprint density at radius 2 is 1.86 bits per heavy atom. The Kier molecular flexibility index (Phi) is 5.60. The summed E-state index contributed by atoms with van der Waals surface area (Å²) < 4.78 is 9.09. The summed E-state index contributed by atoms with van der Waals surface area (Å²) in [4.78, 5) is 22.2. The fraction of sp³-hybridized carbons (Fsp3) is 0.600. The maximum Gasteiger partial charge on any atom is 0.333 e. The van der Waals surface area contributed by atoms with Crippen molar-refractivity contribution in [1.82, 2.24) is 0 Å². The van der Waals surface area contributed by atoms with Crippen molar-refractivity contribution in [1.29, 1.82) is 0 Å². The van der Waals surface area contributed by atoms with E-state index in [4.69, 9.17) is 0 Å². The van der Waals surface area contributed by atoms with E-state index in [0.717, 1.165) is 0 Å². The first-order valence-electron chi connectivity index (χ1n) is 4.38. The normalized spacial score (nSPS) is 13.3. The third-order valence-corrected chi connectivity index (χ3v) is 1.96. The van der Waals surface area contributed by atoms with Crippen molar-refractivity contribution in [3.63, 3.8) is 0 Å². The zero-order valence-electron chi connectivity index (χ0n) is 8.99. The summed E-state index contributed by atoms with van der Waals surface area (Å²) in [6, 6.07) is 0. The molecule has 0 saturated heterocycles. The molecule has 0 aliphatic carbocycles. The third kappa shape index (κ3) is 3.60. The summed E-state index contributed by atoms with van der Waals surface area (Å²) in [5, 5.41) is 0. The molecular weight excluding hydrogens is 184 g/mol. The second-order valence-corrected chi connectivity index (χ2v) is 2.92. The van der Waals surface area contributed by atoms with Gasteiger partial charge in [0.25, 0.3) is 0 Å². The van der Waals surface area contributed by atoms with Crippen LogP contribution in [0.15, 0.2) is 11.6 Å². The van der Waals surface area contributed by atoms with Crippen molar-refractivity contribution >= 4 is 11.9 Å². The van der Waals surface area contributed by atoms with Crippen LogP contribution < -0.4 is 0 Å². The SMILES string of the molecule is C/C=C(\C(=O)OC)[C@@H](C)CC(=O)OC. The lowest BCUT2D eigenvalue weighted by Crippen LogP contribution is -2.16. The standard InChI is InChI=1S/C10H16O4/c1-5-8(10(12)14-4)7(2)6-9(11)13-3/h5,7H,6H2,1-4H3/b8-5-/t7-/m0/s1. The molecule has 0 aliphatic heterocycles. The predicted octanol–water partition coefficient (Wildman–Crippen LogP) is 1.30. The van der Waals surface area contributed by atoms with Crippen LogP contribution in [0, 0.1) is 5.92 Å². The average molecular weight is 200 g/mol. The topological polar surface area (TPSA) is 52.6 Å². The highest BCUT2D eigenvalue weighted by atomic mass is 16.5. The van der Waals surface area contributed by atoms with E-state index >= 15 is 0 Å². The Morgan fingerprint density at radius 1 is 1.29 bits per heavy atom. The zero-order chi connectivity index (χ0) is 11.1. The first-order valence-corrected chi connectivity index (χ1v) is 4.38. The summed E-state index contributed by atoms with van der Waals surface area (Å²) >= 11 is 0. The lowest BCUT2D eigenvalue weighted by molar-refractivity contribution is -0.141. The molecule has 0 spiro atoms. The number of esters is 2. The fourth-order valence-corrected chi connectivity index (χ4v) is 1.16. The number of hydrogen-bond acceptors (Lipinski definition) is 4. The van der Waals surface area contributed by atoms with E-state index in [1.807, 2.05) is 0 Å². The van der Waals surface area contributed by atoms with Gasteiger partial charge in [0.15, 0.2) is 0 Å². The molecule has 0 bridgehead atoms. The van der Waals surface area contributed by atoms with Crippen molar-refractivity contribution < 1.29 is 19.1 Å². The number of rotatable bonds is 4. The Morgan fingerprint density at radius 3 is 2.21 bits per heavy atom. The van der Waals surface area contributed by atoms with Crippen LogP contribution in [0.2, 0.25) is 0 Å². The van der Waals surface area contributed by atoms with Gasteiger partial charge < -0.3 is 9.47 Å². The van der Waals surface area contributed by atoms with Crippen molar-refractivity contribution in [3.05, 3.63) is 11.6 Å². The number of carbonyl (C=O) groups is 2. The number of ether oxygens (including phenoxy) is 2. The molecule has 4 heteroatoms. The number of methoxy groups -OCH3 is 2. The van der Waals surface area contributed by atoms with E-state index in [9.17, 15) is 9.59 Å².